The zero-order chi connectivity index (χ0) is 24.7. The third-order valence-electron chi connectivity index (χ3n) is 6.03. The Morgan fingerprint density at radius 2 is 2.03 bits per heavy atom. The molecule has 11 heteroatoms. The van der Waals surface area contributed by atoms with Crippen molar-refractivity contribution in [3.8, 4) is 17.0 Å². The van der Waals surface area contributed by atoms with Crippen molar-refractivity contribution in [3.63, 3.8) is 0 Å². The first-order valence-corrected chi connectivity index (χ1v) is 11.8. The topological polar surface area (TPSA) is 80.5 Å². The van der Waals surface area contributed by atoms with E-state index in [2.05, 4.69) is 31.5 Å². The third kappa shape index (κ3) is 4.40. The number of para-hydroxylation sites is 1. The van der Waals surface area contributed by atoms with E-state index in [9.17, 15) is 18.0 Å². The molecule has 3 heterocycles. The molecular weight excluding hydrogens is 527 g/mol. The van der Waals surface area contributed by atoms with Crippen LogP contribution < -0.4 is 15.4 Å². The molecule has 0 saturated carbocycles. The summed E-state index contributed by atoms with van der Waals surface area (Å²) in [5.41, 5.74) is 0.202. The fraction of sp³-hybridized carbons (Fsp3) is 0.292. The second kappa shape index (κ2) is 9.03. The van der Waals surface area contributed by atoms with Gasteiger partial charge in [-0.2, -0.15) is 13.2 Å². The van der Waals surface area contributed by atoms with Crippen LogP contribution in [0.15, 0.2) is 47.1 Å². The molecule has 0 spiro atoms. The van der Waals surface area contributed by atoms with Gasteiger partial charge in [0.1, 0.15) is 17.4 Å². The van der Waals surface area contributed by atoms with Crippen molar-refractivity contribution >= 4 is 44.3 Å². The molecule has 1 aliphatic rings. The molecular formula is C24H21BrF3N5O2. The SMILES string of the molecule is COc1ccc(-c2cn3c(NC4CCCCNC4=O)nc4c(Br)cccc4c3n2)c(C(F)(F)F)c1. The van der Waals surface area contributed by atoms with Crippen LogP contribution in [-0.4, -0.2) is 40.0 Å². The fourth-order valence-corrected chi connectivity index (χ4v) is 4.73. The Bertz CT molecular complexity index is 1440. The number of amides is 1. The summed E-state index contributed by atoms with van der Waals surface area (Å²) in [6.45, 7) is 0.607. The van der Waals surface area contributed by atoms with E-state index in [1.165, 1.54) is 25.4 Å². The molecule has 1 aliphatic heterocycles. The van der Waals surface area contributed by atoms with E-state index in [0.717, 1.165) is 18.9 Å². The Morgan fingerprint density at radius 3 is 2.80 bits per heavy atom. The van der Waals surface area contributed by atoms with Crippen LogP contribution in [0.25, 0.3) is 27.8 Å². The summed E-state index contributed by atoms with van der Waals surface area (Å²) in [6, 6.07) is 8.69. The van der Waals surface area contributed by atoms with Gasteiger partial charge in [0, 0.05) is 28.2 Å². The number of hydrogen-bond acceptors (Lipinski definition) is 5. The van der Waals surface area contributed by atoms with Crippen LogP contribution in [0.3, 0.4) is 0 Å². The maximum atomic E-state index is 13.9. The molecule has 35 heavy (non-hydrogen) atoms. The number of methoxy groups -OCH3 is 1. The highest BCUT2D eigenvalue weighted by Crippen LogP contribution is 2.40. The van der Waals surface area contributed by atoms with E-state index in [0.29, 0.717) is 39.9 Å². The van der Waals surface area contributed by atoms with Crippen LogP contribution in [0.1, 0.15) is 24.8 Å². The lowest BCUT2D eigenvalue weighted by Gasteiger charge is -2.17. The van der Waals surface area contributed by atoms with Crippen LogP contribution in [0.2, 0.25) is 0 Å². The summed E-state index contributed by atoms with van der Waals surface area (Å²) in [4.78, 5) is 21.9. The first-order valence-electron chi connectivity index (χ1n) is 11.0. The molecule has 1 fully saturated rings. The van der Waals surface area contributed by atoms with E-state index < -0.39 is 17.8 Å². The number of hydrogen-bond donors (Lipinski definition) is 2. The lowest BCUT2D eigenvalue weighted by molar-refractivity contribution is -0.137. The van der Waals surface area contributed by atoms with Crippen molar-refractivity contribution in [2.45, 2.75) is 31.5 Å². The number of ether oxygens (including phenoxy) is 1. The summed E-state index contributed by atoms with van der Waals surface area (Å²) in [5, 5.41) is 6.73. The van der Waals surface area contributed by atoms with Crippen LogP contribution in [0.4, 0.5) is 19.1 Å². The molecule has 0 radical (unpaired) electrons. The maximum absolute atomic E-state index is 13.9. The fourth-order valence-electron chi connectivity index (χ4n) is 4.27. The zero-order valence-electron chi connectivity index (χ0n) is 18.6. The minimum Gasteiger partial charge on any atom is -0.497 e. The highest BCUT2D eigenvalue weighted by atomic mass is 79.9. The van der Waals surface area contributed by atoms with Gasteiger partial charge < -0.3 is 15.4 Å². The summed E-state index contributed by atoms with van der Waals surface area (Å²) in [7, 11) is 1.32. The molecule has 1 unspecified atom stereocenters. The number of nitrogens with zero attached hydrogens (tertiary/aromatic N) is 3. The van der Waals surface area contributed by atoms with Gasteiger partial charge in [0.05, 0.1) is 23.9 Å². The van der Waals surface area contributed by atoms with Gasteiger partial charge >= 0.3 is 6.18 Å². The predicted molar refractivity (Wildman–Crippen MR) is 129 cm³/mol. The Balaban J connectivity index is 1.72. The summed E-state index contributed by atoms with van der Waals surface area (Å²) in [5.74, 6) is 0.282. The molecule has 5 rings (SSSR count). The van der Waals surface area contributed by atoms with Crippen LogP contribution >= 0.6 is 15.9 Å². The number of aromatic nitrogens is 3. The number of alkyl halides is 3. The van der Waals surface area contributed by atoms with Gasteiger partial charge in [-0.1, -0.05) is 6.07 Å². The lowest BCUT2D eigenvalue weighted by Crippen LogP contribution is -2.38. The van der Waals surface area contributed by atoms with E-state index in [4.69, 9.17) is 9.72 Å². The van der Waals surface area contributed by atoms with Crippen molar-refractivity contribution in [1.29, 1.82) is 0 Å². The molecule has 7 nitrogen and oxygen atoms in total. The zero-order valence-corrected chi connectivity index (χ0v) is 20.2. The number of imidazole rings is 1. The Morgan fingerprint density at radius 1 is 1.20 bits per heavy atom. The average molecular weight is 548 g/mol. The number of carbonyl (C=O) groups is 1. The normalized spacial score (nSPS) is 16.8. The average Bonchev–Trinajstić information content (AvgIpc) is 3.18. The first-order chi connectivity index (χ1) is 16.8. The van der Waals surface area contributed by atoms with Gasteiger partial charge in [-0.15, -0.1) is 0 Å². The van der Waals surface area contributed by atoms with Crippen molar-refractivity contribution in [1.82, 2.24) is 19.7 Å². The van der Waals surface area contributed by atoms with E-state index >= 15 is 0 Å². The number of carbonyl (C=O) groups excluding carboxylic acids is 1. The molecule has 0 aliphatic carbocycles. The van der Waals surface area contributed by atoms with E-state index in [-0.39, 0.29) is 22.9 Å². The molecule has 1 atom stereocenters. The van der Waals surface area contributed by atoms with Gasteiger partial charge in [-0.25, -0.2) is 9.97 Å². The van der Waals surface area contributed by atoms with Gasteiger partial charge in [0.25, 0.3) is 0 Å². The third-order valence-corrected chi connectivity index (χ3v) is 6.67. The number of fused-ring (bicyclic) bond motifs is 3. The Kier molecular flexibility index (Phi) is 6.04. The quantitative estimate of drug-likeness (QED) is 0.356. The standard InChI is InChI=1S/C24H21BrF3N5O2/c1-35-13-8-9-14(16(11-13)24(26,27)28)19-12-33-21(30-19)15-5-4-6-17(25)20(15)32-23(33)31-18-7-2-3-10-29-22(18)34/h4-6,8-9,11-12,18H,2-3,7,10H2,1H3,(H,29,34)(H,31,32). The van der Waals surface area contributed by atoms with Crippen molar-refractivity contribution < 1.29 is 22.7 Å². The Hall–Kier alpha value is -3.34. The van der Waals surface area contributed by atoms with Gasteiger partial charge in [0.2, 0.25) is 11.9 Å². The lowest BCUT2D eigenvalue weighted by atomic mass is 10.0. The number of nitrogens with one attached hydrogen (secondary N) is 2. The first kappa shape index (κ1) is 23.4. The van der Waals surface area contributed by atoms with Gasteiger partial charge in [-0.3, -0.25) is 9.20 Å². The van der Waals surface area contributed by atoms with E-state index in [1.54, 1.807) is 10.5 Å². The molecule has 2 aromatic heterocycles. The summed E-state index contributed by atoms with van der Waals surface area (Å²) in [6.07, 6.45) is -0.754. The molecule has 0 bridgehead atoms. The predicted octanol–water partition coefficient (Wildman–Crippen LogP) is 5.42. The van der Waals surface area contributed by atoms with Crippen LogP contribution in [-0.2, 0) is 11.0 Å². The van der Waals surface area contributed by atoms with Crippen LogP contribution in [0.5, 0.6) is 5.75 Å². The monoisotopic (exact) mass is 547 g/mol. The molecule has 182 valence electrons. The van der Waals surface area contributed by atoms with Gasteiger partial charge in [0.15, 0.2) is 0 Å². The second-order valence-electron chi connectivity index (χ2n) is 8.28. The molecule has 1 amide bonds. The smallest absolute Gasteiger partial charge is 0.417 e. The molecule has 2 aromatic carbocycles. The minimum absolute atomic E-state index is 0.0803. The summed E-state index contributed by atoms with van der Waals surface area (Å²) >= 11 is 3.50. The highest BCUT2D eigenvalue weighted by molar-refractivity contribution is 9.10. The van der Waals surface area contributed by atoms with Gasteiger partial charge in [-0.05, 0) is 65.5 Å². The minimum atomic E-state index is -4.61. The molecule has 1 saturated heterocycles. The van der Waals surface area contributed by atoms with E-state index in [1.807, 2.05) is 12.1 Å². The maximum Gasteiger partial charge on any atom is 0.417 e. The number of benzene rings is 2. The second-order valence-corrected chi connectivity index (χ2v) is 9.14. The Labute approximate surface area is 206 Å². The van der Waals surface area contributed by atoms with Crippen molar-refractivity contribution in [2.24, 2.45) is 0 Å². The number of halogens is 4. The molecule has 4 aromatic rings. The highest BCUT2D eigenvalue weighted by Gasteiger charge is 2.35. The van der Waals surface area contributed by atoms with Crippen LogP contribution in [0, 0.1) is 0 Å². The largest absolute Gasteiger partial charge is 0.497 e. The number of rotatable bonds is 4. The molecule has 2 N–H and O–H groups in total. The van der Waals surface area contributed by atoms with Crippen molar-refractivity contribution in [2.75, 3.05) is 19.0 Å². The summed E-state index contributed by atoms with van der Waals surface area (Å²) < 4.78 is 49.1. The number of anilines is 1. The van der Waals surface area contributed by atoms with Crippen molar-refractivity contribution in [3.05, 3.63) is 52.6 Å².